The van der Waals surface area contributed by atoms with E-state index in [9.17, 15) is 8.68 Å². The summed E-state index contributed by atoms with van der Waals surface area (Å²) in [5.74, 6) is 0.165. The molecule has 1 aliphatic rings. The lowest BCUT2D eigenvalue weighted by molar-refractivity contribution is 0.0990. The van der Waals surface area contributed by atoms with Gasteiger partial charge in [-0.2, -0.15) is 13.9 Å². The van der Waals surface area contributed by atoms with Gasteiger partial charge in [-0.3, -0.25) is 4.79 Å². The average Bonchev–Trinajstić information content (AvgIpc) is 3.38. The molecule has 10 heteroatoms. The largest absolute Gasteiger partial charge is 0.479 e. The first-order chi connectivity index (χ1) is 15.7. The van der Waals surface area contributed by atoms with Crippen molar-refractivity contribution < 1.29 is 27.3 Å². The number of hydrogen-bond acceptors (Lipinski definition) is 8. The van der Waals surface area contributed by atoms with E-state index in [1.807, 2.05) is 6.92 Å². The molecule has 1 aliphatic carbocycles. The molecule has 0 unspecified atom stereocenters. The molecule has 0 atom stereocenters. The second-order valence-corrected chi connectivity index (χ2v) is 8.83. The lowest BCUT2D eigenvalue weighted by Gasteiger charge is -2.20. The Hall–Kier alpha value is -3.27. The van der Waals surface area contributed by atoms with Crippen molar-refractivity contribution in [1.82, 2.24) is 9.97 Å². The molecule has 8 nitrogen and oxygen atoms in total. The maximum Gasteiger partial charge on any atom is 0.291 e. The third-order valence-electron chi connectivity index (χ3n) is 5.68. The third kappa shape index (κ3) is 4.47. The Morgan fingerprint density at radius 3 is 2.52 bits per heavy atom. The second-order valence-electron chi connectivity index (χ2n) is 8.31. The Bertz CT molecular complexity index is 1190. The number of amides is 1. The molecule has 174 valence electrons. The number of methoxy groups -OCH3 is 2. The first-order valence-electron chi connectivity index (χ1n) is 10.3. The SMILES string of the molecule is COc1nc(SF)nc(OC)c1NC(=O)c1ccc(Oc2cc3c(cc2C)CCC3(C)C)o1. The van der Waals surface area contributed by atoms with Gasteiger partial charge in [-0.15, -0.1) is 0 Å². The van der Waals surface area contributed by atoms with Crippen molar-refractivity contribution in [2.45, 2.75) is 44.2 Å². The highest BCUT2D eigenvalue weighted by Gasteiger charge is 2.31. The van der Waals surface area contributed by atoms with Gasteiger partial charge in [-0.05, 0) is 54.0 Å². The fourth-order valence-corrected chi connectivity index (χ4v) is 4.13. The summed E-state index contributed by atoms with van der Waals surface area (Å²) >= 11 is -0.166. The second kappa shape index (κ2) is 8.93. The molecule has 0 saturated heterocycles. The number of halogens is 1. The van der Waals surface area contributed by atoms with E-state index in [1.54, 1.807) is 6.07 Å². The first kappa shape index (κ1) is 22.9. The number of aromatic nitrogens is 2. The number of rotatable bonds is 7. The van der Waals surface area contributed by atoms with Crippen LogP contribution in [0.1, 0.15) is 47.5 Å². The molecular formula is C23H24FN3O5S. The number of benzene rings is 1. The highest BCUT2D eigenvalue weighted by molar-refractivity contribution is 7.94. The number of fused-ring (bicyclic) bond motifs is 1. The molecule has 1 amide bonds. The molecule has 33 heavy (non-hydrogen) atoms. The summed E-state index contributed by atoms with van der Waals surface area (Å²) in [6.45, 7) is 6.42. The molecule has 0 radical (unpaired) electrons. The van der Waals surface area contributed by atoms with E-state index in [0.29, 0.717) is 5.75 Å². The molecule has 1 N–H and O–H groups in total. The number of hydrogen-bond donors (Lipinski definition) is 1. The maximum atomic E-state index is 12.9. The summed E-state index contributed by atoms with van der Waals surface area (Å²) < 4.78 is 34.8. The van der Waals surface area contributed by atoms with Crippen LogP contribution in [0.15, 0.2) is 33.8 Å². The van der Waals surface area contributed by atoms with Gasteiger partial charge in [0.05, 0.1) is 14.2 Å². The molecule has 0 saturated carbocycles. The van der Waals surface area contributed by atoms with Crippen LogP contribution in [0.5, 0.6) is 23.5 Å². The van der Waals surface area contributed by atoms with Crippen LogP contribution >= 0.6 is 12.1 Å². The predicted octanol–water partition coefficient (Wildman–Crippen LogP) is 5.64. The van der Waals surface area contributed by atoms with E-state index in [4.69, 9.17) is 18.6 Å². The summed E-state index contributed by atoms with van der Waals surface area (Å²) in [7, 11) is 2.67. The average molecular weight is 474 g/mol. The van der Waals surface area contributed by atoms with Crippen molar-refractivity contribution in [1.29, 1.82) is 0 Å². The van der Waals surface area contributed by atoms with Gasteiger partial charge >= 0.3 is 0 Å². The van der Waals surface area contributed by atoms with Crippen LogP contribution in [0, 0.1) is 6.92 Å². The van der Waals surface area contributed by atoms with E-state index >= 15 is 0 Å². The number of ether oxygens (including phenoxy) is 3. The molecule has 4 rings (SSSR count). The van der Waals surface area contributed by atoms with Gasteiger partial charge in [0.1, 0.15) is 17.9 Å². The highest BCUT2D eigenvalue weighted by Crippen LogP contribution is 2.42. The minimum atomic E-state index is -0.600. The van der Waals surface area contributed by atoms with Crippen molar-refractivity contribution in [3.8, 4) is 23.5 Å². The van der Waals surface area contributed by atoms with Crippen molar-refractivity contribution in [3.63, 3.8) is 0 Å². The van der Waals surface area contributed by atoms with Crippen LogP contribution in [0.2, 0.25) is 0 Å². The van der Waals surface area contributed by atoms with E-state index in [-0.39, 0.29) is 51.9 Å². The molecule has 3 aromatic rings. The first-order valence-corrected chi connectivity index (χ1v) is 11.0. The zero-order chi connectivity index (χ0) is 23.8. The van der Waals surface area contributed by atoms with Crippen LogP contribution < -0.4 is 19.5 Å². The topological polar surface area (TPSA) is 95.7 Å². The maximum absolute atomic E-state index is 12.9. The molecule has 0 bridgehead atoms. The summed E-state index contributed by atoms with van der Waals surface area (Å²) in [6, 6.07) is 7.26. The summed E-state index contributed by atoms with van der Waals surface area (Å²) in [5, 5.41) is 2.38. The van der Waals surface area contributed by atoms with Crippen LogP contribution in [-0.4, -0.2) is 30.1 Å². The number of anilines is 1. The number of carbonyl (C=O) groups is 1. The highest BCUT2D eigenvalue weighted by atomic mass is 32.2. The van der Waals surface area contributed by atoms with E-state index in [1.165, 1.54) is 31.4 Å². The molecule has 0 fully saturated rings. The van der Waals surface area contributed by atoms with E-state index in [0.717, 1.165) is 18.4 Å². The van der Waals surface area contributed by atoms with E-state index in [2.05, 4.69) is 41.3 Å². The van der Waals surface area contributed by atoms with Gasteiger partial charge in [0.25, 0.3) is 11.9 Å². The number of nitrogens with one attached hydrogen (secondary N) is 1. The molecule has 2 aromatic heterocycles. The van der Waals surface area contributed by atoms with Gasteiger partial charge in [-0.1, -0.05) is 19.9 Å². The lowest BCUT2D eigenvalue weighted by atomic mass is 9.86. The van der Waals surface area contributed by atoms with Gasteiger partial charge in [0.2, 0.25) is 16.9 Å². The Morgan fingerprint density at radius 1 is 1.18 bits per heavy atom. The van der Waals surface area contributed by atoms with Gasteiger partial charge < -0.3 is 23.9 Å². The fourth-order valence-electron chi connectivity index (χ4n) is 3.90. The Labute approximate surface area is 195 Å². The summed E-state index contributed by atoms with van der Waals surface area (Å²) in [4.78, 5) is 20.5. The quantitative estimate of drug-likeness (QED) is 0.441. The van der Waals surface area contributed by atoms with Crippen LogP contribution in [0.3, 0.4) is 0 Å². The standard InChI is InChI=1S/C23H24FN3O5S/c1-12-10-13-8-9-23(2,3)14(13)11-16(12)32-17-7-6-15(31-17)19(28)25-18-20(29-4)26-22(33-24)27-21(18)30-5/h6-7,10-11H,8-9H2,1-5H3,(H,25,28). The zero-order valence-corrected chi connectivity index (χ0v) is 19.8. The molecule has 1 aromatic carbocycles. The number of nitrogens with zero attached hydrogens (tertiary/aromatic N) is 2. The van der Waals surface area contributed by atoms with Gasteiger partial charge in [0, 0.05) is 6.07 Å². The Morgan fingerprint density at radius 2 is 1.88 bits per heavy atom. The third-order valence-corrected chi connectivity index (χ3v) is 6.00. The monoisotopic (exact) mass is 473 g/mol. The van der Waals surface area contributed by atoms with Crippen molar-refractivity contribution in [2.75, 3.05) is 19.5 Å². The van der Waals surface area contributed by atoms with Crippen LogP contribution in [-0.2, 0) is 11.8 Å². The van der Waals surface area contributed by atoms with Crippen molar-refractivity contribution in [3.05, 3.63) is 46.7 Å². The fraction of sp³-hybridized carbons (Fsp3) is 0.348. The zero-order valence-electron chi connectivity index (χ0n) is 18.9. The summed E-state index contributed by atoms with van der Waals surface area (Å²) in [5.41, 5.74) is 3.74. The molecule has 0 spiro atoms. The van der Waals surface area contributed by atoms with Crippen molar-refractivity contribution in [2.24, 2.45) is 0 Å². The predicted molar refractivity (Wildman–Crippen MR) is 121 cm³/mol. The molecule has 0 aliphatic heterocycles. The smallest absolute Gasteiger partial charge is 0.291 e. The van der Waals surface area contributed by atoms with Crippen LogP contribution in [0.25, 0.3) is 0 Å². The lowest BCUT2D eigenvalue weighted by Crippen LogP contribution is -2.14. The normalized spacial score (nSPS) is 14.0. The van der Waals surface area contributed by atoms with E-state index < -0.39 is 5.91 Å². The summed E-state index contributed by atoms with van der Waals surface area (Å²) in [6.07, 6.45) is 2.15. The van der Waals surface area contributed by atoms with Crippen molar-refractivity contribution >= 4 is 23.7 Å². The molecular weight excluding hydrogens is 449 g/mol. The van der Waals surface area contributed by atoms with Crippen LogP contribution in [0.4, 0.5) is 9.57 Å². The Balaban J connectivity index is 1.55. The number of aryl methyl sites for hydroxylation is 2. The Kier molecular flexibility index (Phi) is 6.20. The number of carbonyl (C=O) groups excluding carboxylic acids is 1. The minimum Gasteiger partial charge on any atom is -0.479 e. The molecule has 2 heterocycles. The van der Waals surface area contributed by atoms with Gasteiger partial charge in [-0.25, -0.2) is 0 Å². The minimum absolute atomic E-state index is 0.00260. The van der Waals surface area contributed by atoms with Gasteiger partial charge in [0.15, 0.2) is 11.4 Å². The number of furan rings is 1.